The lowest BCUT2D eigenvalue weighted by molar-refractivity contribution is 0.233. The first-order valence-electron chi connectivity index (χ1n) is 10.7. The van der Waals surface area contributed by atoms with Crippen molar-refractivity contribution in [2.75, 3.05) is 31.6 Å². The van der Waals surface area contributed by atoms with E-state index in [0.717, 1.165) is 47.4 Å². The fraction of sp³-hybridized carbons (Fsp3) is 0.348. The highest BCUT2D eigenvalue weighted by atomic mass is 35.5. The number of fused-ring (bicyclic) bond motifs is 2. The molecule has 0 amide bonds. The van der Waals surface area contributed by atoms with E-state index in [9.17, 15) is 0 Å². The number of ether oxygens (including phenoxy) is 1. The van der Waals surface area contributed by atoms with Crippen LogP contribution in [-0.4, -0.2) is 50.7 Å². The molecule has 3 aromatic heterocycles. The van der Waals surface area contributed by atoms with E-state index >= 15 is 0 Å². The summed E-state index contributed by atoms with van der Waals surface area (Å²) in [6.07, 6.45) is 7.85. The number of hydrogen-bond acceptors (Lipinski definition) is 6. The Bertz CT molecular complexity index is 1200. The van der Waals surface area contributed by atoms with Crippen LogP contribution in [0.3, 0.4) is 0 Å². The maximum atomic E-state index is 6.52. The monoisotopic (exact) mass is 436 g/mol. The minimum Gasteiger partial charge on any atom is -0.476 e. The lowest BCUT2D eigenvalue weighted by Crippen LogP contribution is -2.25. The van der Waals surface area contributed by atoms with Crippen molar-refractivity contribution in [2.45, 2.75) is 25.8 Å². The molecule has 0 bridgehead atoms. The van der Waals surface area contributed by atoms with Crippen LogP contribution >= 0.6 is 11.6 Å². The van der Waals surface area contributed by atoms with Gasteiger partial charge in [-0.15, -0.1) is 0 Å². The van der Waals surface area contributed by atoms with Gasteiger partial charge in [-0.25, -0.2) is 14.5 Å². The van der Waals surface area contributed by atoms with Crippen LogP contribution in [0.5, 0.6) is 5.88 Å². The molecule has 4 aromatic rings. The molecule has 0 spiro atoms. The van der Waals surface area contributed by atoms with Crippen LogP contribution in [-0.2, 0) is 0 Å². The minimum atomic E-state index is -0.0628. The van der Waals surface area contributed by atoms with Gasteiger partial charge in [0.2, 0.25) is 5.88 Å². The van der Waals surface area contributed by atoms with Gasteiger partial charge in [0, 0.05) is 18.9 Å². The Balaban J connectivity index is 1.43. The van der Waals surface area contributed by atoms with E-state index < -0.39 is 0 Å². The molecule has 8 heteroatoms. The highest BCUT2D eigenvalue weighted by Gasteiger charge is 2.17. The third-order valence-electron chi connectivity index (χ3n) is 5.75. The van der Waals surface area contributed by atoms with Gasteiger partial charge in [-0.2, -0.15) is 5.10 Å². The first-order valence-corrected chi connectivity index (χ1v) is 11.1. The van der Waals surface area contributed by atoms with E-state index in [1.54, 1.807) is 16.9 Å². The van der Waals surface area contributed by atoms with Gasteiger partial charge in [-0.05, 0) is 56.4 Å². The smallest absolute Gasteiger partial charge is 0.223 e. The minimum absolute atomic E-state index is 0.0628. The van der Waals surface area contributed by atoms with Crippen molar-refractivity contribution >= 4 is 33.7 Å². The number of rotatable bonds is 7. The fourth-order valence-corrected chi connectivity index (χ4v) is 4.38. The summed E-state index contributed by atoms with van der Waals surface area (Å²) in [6, 6.07) is 9.81. The van der Waals surface area contributed by atoms with Crippen molar-refractivity contribution in [3.05, 3.63) is 59.6 Å². The molecule has 4 heterocycles. The summed E-state index contributed by atoms with van der Waals surface area (Å²) >= 11 is 6.52. The summed E-state index contributed by atoms with van der Waals surface area (Å²) in [4.78, 5) is 11.7. The van der Waals surface area contributed by atoms with Crippen molar-refractivity contribution in [2.24, 2.45) is 0 Å². The Labute approximate surface area is 186 Å². The van der Waals surface area contributed by atoms with E-state index in [4.69, 9.17) is 21.3 Å². The van der Waals surface area contributed by atoms with Crippen LogP contribution in [0.1, 0.15) is 31.5 Å². The topological polar surface area (TPSA) is 67.6 Å². The summed E-state index contributed by atoms with van der Waals surface area (Å²) in [5, 5.41) is 10.3. The normalized spacial score (nSPS) is 15.5. The molecular weight excluding hydrogens is 412 g/mol. The molecule has 1 fully saturated rings. The van der Waals surface area contributed by atoms with Gasteiger partial charge in [0.05, 0.1) is 34.0 Å². The predicted octanol–water partition coefficient (Wildman–Crippen LogP) is 4.58. The van der Waals surface area contributed by atoms with Crippen LogP contribution in [0.25, 0.3) is 16.4 Å². The standard InChI is InChI=1S/C23H25ClN6O/c1-16(27-19-7-8-26-30-12-9-25-22(19)30)20-15-17-5-4-6-18(24)21(17)23(28-20)31-14-13-29-10-2-3-11-29/h4-9,12,15-16,27H,2-3,10-11,13-14H2,1H3/t16-/m0/s1. The molecule has 0 aliphatic carbocycles. The highest BCUT2D eigenvalue weighted by molar-refractivity contribution is 6.36. The molecule has 1 aliphatic rings. The molecule has 160 valence electrons. The third-order valence-corrected chi connectivity index (χ3v) is 6.06. The molecule has 0 radical (unpaired) electrons. The van der Waals surface area contributed by atoms with E-state index in [2.05, 4.69) is 33.3 Å². The fourth-order valence-electron chi connectivity index (χ4n) is 4.11. The maximum Gasteiger partial charge on any atom is 0.223 e. The van der Waals surface area contributed by atoms with Crippen LogP contribution in [0.15, 0.2) is 48.9 Å². The Morgan fingerprint density at radius 3 is 2.94 bits per heavy atom. The van der Waals surface area contributed by atoms with Crippen molar-refractivity contribution in [1.29, 1.82) is 0 Å². The molecule has 5 rings (SSSR count). The molecule has 1 atom stereocenters. The van der Waals surface area contributed by atoms with Gasteiger partial charge in [-0.3, -0.25) is 4.90 Å². The van der Waals surface area contributed by atoms with Crippen molar-refractivity contribution in [3.63, 3.8) is 0 Å². The number of hydrogen-bond donors (Lipinski definition) is 1. The highest BCUT2D eigenvalue weighted by Crippen LogP contribution is 2.33. The van der Waals surface area contributed by atoms with E-state index in [1.807, 2.05) is 30.5 Å². The second-order valence-corrected chi connectivity index (χ2v) is 8.30. The Hall–Kier alpha value is -2.90. The molecular formula is C23H25ClN6O. The first kappa shape index (κ1) is 20.0. The zero-order valence-electron chi connectivity index (χ0n) is 17.5. The van der Waals surface area contributed by atoms with Crippen LogP contribution in [0, 0.1) is 0 Å². The number of imidazole rings is 1. The lowest BCUT2D eigenvalue weighted by atomic mass is 10.1. The second kappa shape index (κ2) is 8.69. The molecule has 1 aromatic carbocycles. The Morgan fingerprint density at radius 2 is 2.06 bits per heavy atom. The molecule has 31 heavy (non-hydrogen) atoms. The van der Waals surface area contributed by atoms with Crippen LogP contribution < -0.4 is 10.1 Å². The average molecular weight is 437 g/mol. The number of nitrogens with zero attached hydrogens (tertiary/aromatic N) is 5. The quantitative estimate of drug-likeness (QED) is 0.457. The number of anilines is 1. The number of pyridine rings is 1. The van der Waals surface area contributed by atoms with Gasteiger partial charge < -0.3 is 10.1 Å². The lowest BCUT2D eigenvalue weighted by Gasteiger charge is -2.19. The summed E-state index contributed by atoms with van der Waals surface area (Å²) in [7, 11) is 0. The van der Waals surface area contributed by atoms with Crippen molar-refractivity contribution < 1.29 is 4.74 Å². The number of aromatic nitrogens is 4. The van der Waals surface area contributed by atoms with E-state index in [-0.39, 0.29) is 6.04 Å². The summed E-state index contributed by atoms with van der Waals surface area (Å²) in [5.74, 6) is 0.589. The summed E-state index contributed by atoms with van der Waals surface area (Å²) in [5.41, 5.74) is 2.56. The number of halogens is 1. The van der Waals surface area contributed by atoms with Gasteiger partial charge in [-0.1, -0.05) is 23.7 Å². The summed E-state index contributed by atoms with van der Waals surface area (Å²) < 4.78 is 7.92. The van der Waals surface area contributed by atoms with Gasteiger partial charge in [0.25, 0.3) is 0 Å². The molecule has 0 saturated carbocycles. The van der Waals surface area contributed by atoms with Crippen LogP contribution in [0.2, 0.25) is 5.02 Å². The number of benzene rings is 1. The number of nitrogens with one attached hydrogen (secondary N) is 1. The molecule has 0 unspecified atom stereocenters. The maximum absolute atomic E-state index is 6.52. The SMILES string of the molecule is C[C@H](Nc1ccnn2ccnc12)c1cc2cccc(Cl)c2c(OCCN2CCCC2)n1. The zero-order valence-corrected chi connectivity index (χ0v) is 18.2. The molecule has 7 nitrogen and oxygen atoms in total. The molecule has 1 aliphatic heterocycles. The summed E-state index contributed by atoms with van der Waals surface area (Å²) in [6.45, 7) is 5.87. The van der Waals surface area contributed by atoms with Gasteiger partial charge in [0.15, 0.2) is 5.65 Å². The van der Waals surface area contributed by atoms with E-state index in [0.29, 0.717) is 17.5 Å². The largest absolute Gasteiger partial charge is 0.476 e. The van der Waals surface area contributed by atoms with Crippen molar-refractivity contribution in [1.82, 2.24) is 24.5 Å². The zero-order chi connectivity index (χ0) is 21.2. The Kier molecular flexibility index (Phi) is 5.61. The van der Waals surface area contributed by atoms with Crippen molar-refractivity contribution in [3.8, 4) is 5.88 Å². The third kappa shape index (κ3) is 4.16. The second-order valence-electron chi connectivity index (χ2n) is 7.89. The van der Waals surface area contributed by atoms with Gasteiger partial charge in [0.1, 0.15) is 6.61 Å². The average Bonchev–Trinajstić information content (AvgIpc) is 3.46. The van der Waals surface area contributed by atoms with Crippen LogP contribution in [0.4, 0.5) is 5.69 Å². The molecule has 1 saturated heterocycles. The first-order chi connectivity index (χ1) is 15.2. The number of likely N-dealkylation sites (tertiary alicyclic amines) is 1. The molecule has 1 N–H and O–H groups in total. The van der Waals surface area contributed by atoms with E-state index in [1.165, 1.54) is 12.8 Å². The Morgan fingerprint density at radius 1 is 1.19 bits per heavy atom. The van der Waals surface area contributed by atoms with Gasteiger partial charge >= 0.3 is 0 Å². The predicted molar refractivity (Wildman–Crippen MR) is 123 cm³/mol.